The summed E-state index contributed by atoms with van der Waals surface area (Å²) < 4.78 is 74.7. The number of Topliss-reactive ketones (excluding diaryl/α,β-unsaturated/α-hetero) is 1. The van der Waals surface area contributed by atoms with Crippen molar-refractivity contribution < 1.29 is 92.0 Å². The molecule has 4 aliphatic carbocycles. The van der Waals surface area contributed by atoms with Crippen LogP contribution in [0, 0.1) is 16.7 Å². The van der Waals surface area contributed by atoms with Gasteiger partial charge in [-0.25, -0.2) is 4.79 Å². The number of ketones is 1. The highest BCUT2D eigenvalue weighted by Crippen LogP contribution is 2.71. The number of aliphatic hydroxyl groups is 5. The summed E-state index contributed by atoms with van der Waals surface area (Å²) in [6, 6.07) is 9.27. The molecular weight excluding hydrogens is 989 g/mol. The molecule has 19 heteroatoms. The minimum atomic E-state index is -2.06. The van der Waals surface area contributed by atoms with E-state index in [9.17, 15) is 35.1 Å². The fraction of sp³-hybridized carbons (Fsp3) is 0.789. The number of rotatable bonds is 15. The van der Waals surface area contributed by atoms with Crippen molar-refractivity contribution in [3.05, 3.63) is 53.6 Å². The molecule has 4 aliphatic heterocycles. The molecule has 8 aliphatic rings. The minimum absolute atomic E-state index is 0.0615. The van der Waals surface area contributed by atoms with Crippen molar-refractivity contribution in [3.8, 4) is 0 Å². The average molecular weight is 1070 g/mol. The summed E-state index contributed by atoms with van der Waals surface area (Å²) in [4.78, 5) is 26.9. The largest absolute Gasteiger partial charge is 0.458 e. The van der Waals surface area contributed by atoms with Crippen molar-refractivity contribution in [2.45, 2.75) is 247 Å². The fourth-order valence-electron chi connectivity index (χ4n) is 14.8. The number of aliphatic hydroxyl groups excluding tert-OH is 2. The number of fused-ring (bicyclic) bond motifs is 5. The monoisotopic (exact) mass is 1070 g/mol. The van der Waals surface area contributed by atoms with Crippen LogP contribution in [0.2, 0.25) is 0 Å². The maximum Gasteiger partial charge on any atom is 0.331 e. The standard InChI is InChI=1S/C57H84O19/c1-30-49(61)39(65-8)26-46(68-30)75-51-33(4)71-48(28-41(51)67-10)76-52-32(3)70-47(27-40(52)66-9)74-50-31(2)69-45(25-38(50)59)72-37-19-20-53(6)36(24-37)18-21-56(63)42(53)29-43(73-44(60)17-16-35-14-12-11-13-15-35)54(7)55(62,34(5)58)22-23-57(54,56)64/h11-18,30-33,37-43,45-52,59,61-64H,19-29H2,1-10H3/t30-,31-,32-,33-,37+,38+,39-,40+,41-,42-,43-,45+,46+,47+,48+,49-,50-,51-,52-,53+,54-,55-,56+,57-/m1/s1. The predicted molar refractivity (Wildman–Crippen MR) is 271 cm³/mol. The van der Waals surface area contributed by atoms with Crippen molar-refractivity contribution in [3.63, 3.8) is 0 Å². The average Bonchev–Trinajstić information content (AvgIpc) is 3.65. The third-order valence-electron chi connectivity index (χ3n) is 19.3. The number of carbonyl (C=O) groups excluding carboxylic acids is 2. The van der Waals surface area contributed by atoms with Crippen LogP contribution in [0.5, 0.6) is 0 Å². The van der Waals surface area contributed by atoms with E-state index >= 15 is 0 Å². The molecule has 4 heterocycles. The first-order valence-electron chi connectivity index (χ1n) is 27.5. The Balaban J connectivity index is 0.798. The van der Waals surface area contributed by atoms with E-state index in [1.165, 1.54) is 13.0 Å². The second kappa shape index (κ2) is 22.6. The lowest BCUT2D eigenvalue weighted by Crippen LogP contribution is -2.78. The van der Waals surface area contributed by atoms with Crippen LogP contribution < -0.4 is 0 Å². The molecular formula is C57H84O19. The van der Waals surface area contributed by atoms with E-state index < -0.39 is 144 Å². The second-order valence-electron chi connectivity index (χ2n) is 23.4. The first-order valence-corrected chi connectivity index (χ1v) is 27.5. The van der Waals surface area contributed by atoms with Gasteiger partial charge in [-0.15, -0.1) is 0 Å². The fourth-order valence-corrected chi connectivity index (χ4v) is 14.8. The molecule has 3 saturated carbocycles. The van der Waals surface area contributed by atoms with Crippen LogP contribution in [0.4, 0.5) is 0 Å². The predicted octanol–water partition coefficient (Wildman–Crippen LogP) is 4.58. The minimum Gasteiger partial charge on any atom is -0.458 e. The van der Waals surface area contributed by atoms with Crippen molar-refractivity contribution >= 4 is 17.8 Å². The summed E-state index contributed by atoms with van der Waals surface area (Å²) in [6.45, 7) is 12.3. The van der Waals surface area contributed by atoms with Crippen LogP contribution in [-0.4, -0.2) is 186 Å². The molecule has 1 aromatic rings. The van der Waals surface area contributed by atoms with E-state index in [2.05, 4.69) is 6.92 Å². The Kier molecular flexibility index (Phi) is 17.2. The van der Waals surface area contributed by atoms with Gasteiger partial charge in [0.2, 0.25) is 0 Å². The molecule has 5 N–H and O–H groups in total. The van der Waals surface area contributed by atoms with Crippen LogP contribution >= 0.6 is 0 Å². The summed E-state index contributed by atoms with van der Waals surface area (Å²) in [5, 5.41) is 60.1. The maximum atomic E-state index is 13.6. The van der Waals surface area contributed by atoms with Crippen LogP contribution in [0.1, 0.15) is 125 Å². The molecule has 4 saturated heterocycles. The highest BCUT2D eigenvalue weighted by molar-refractivity contribution is 5.88. The Morgan fingerprint density at radius 2 is 1.21 bits per heavy atom. The van der Waals surface area contributed by atoms with E-state index in [-0.39, 0.29) is 44.3 Å². The number of esters is 1. The number of methoxy groups -OCH3 is 3. The molecule has 9 rings (SSSR count). The number of ether oxygens (including phenoxy) is 12. The first kappa shape index (κ1) is 57.9. The highest BCUT2D eigenvalue weighted by atomic mass is 16.8. The Bertz CT molecular complexity index is 2240. The Morgan fingerprint density at radius 3 is 1.78 bits per heavy atom. The van der Waals surface area contributed by atoms with Crippen molar-refractivity contribution in [1.82, 2.24) is 0 Å². The van der Waals surface area contributed by atoms with Crippen molar-refractivity contribution in [2.24, 2.45) is 16.7 Å². The van der Waals surface area contributed by atoms with Gasteiger partial charge in [0.25, 0.3) is 0 Å². The van der Waals surface area contributed by atoms with Crippen molar-refractivity contribution in [1.29, 1.82) is 0 Å². The zero-order chi connectivity index (χ0) is 54.7. The molecule has 0 amide bonds. The van der Waals surface area contributed by atoms with E-state index in [1.807, 2.05) is 57.2 Å². The molecule has 0 spiro atoms. The lowest BCUT2D eigenvalue weighted by atomic mass is 9.42. The first-order chi connectivity index (χ1) is 36.0. The Morgan fingerprint density at radius 1 is 0.671 bits per heavy atom. The Labute approximate surface area is 446 Å². The molecule has 7 fully saturated rings. The van der Waals surface area contributed by atoms with Gasteiger partial charge in [0.15, 0.2) is 30.9 Å². The molecule has 426 valence electrons. The van der Waals surface area contributed by atoms with E-state index in [1.54, 1.807) is 41.3 Å². The van der Waals surface area contributed by atoms with Gasteiger partial charge in [-0.3, -0.25) is 4.79 Å². The van der Waals surface area contributed by atoms with Gasteiger partial charge in [-0.1, -0.05) is 48.9 Å². The molecule has 19 nitrogen and oxygen atoms in total. The molecule has 0 radical (unpaired) electrons. The SMILES string of the molecule is CO[C@H]1C[C@H](O[C@H]2[C@@H](O)C[C@H](O[C@H]3CC[C@@]4(C)C(=CC[C@]5(O)[C@@H]4C[C@@H](OC(=O)C=Cc4ccccc4)[C@@]4(C)[C@]5(O)CC[C@@]4(O)C(C)=O)C3)O[C@@H]2C)O[C@H](C)[C@H]1O[C@H]1C[C@@H](OC)[C@H](O[C@H]2C[C@@H](OC)[C@H](O)[C@@H](C)O2)[C@@H](C)O1. The van der Waals surface area contributed by atoms with Gasteiger partial charge in [0, 0.05) is 59.0 Å². The number of hydrogen-bond donors (Lipinski definition) is 5. The van der Waals surface area contributed by atoms with Gasteiger partial charge in [0.1, 0.15) is 47.3 Å². The summed E-state index contributed by atoms with van der Waals surface area (Å²) in [5.74, 6) is -1.84. The van der Waals surface area contributed by atoms with Crippen LogP contribution in [0.15, 0.2) is 48.1 Å². The van der Waals surface area contributed by atoms with Gasteiger partial charge >= 0.3 is 5.97 Å². The third-order valence-corrected chi connectivity index (χ3v) is 19.3. The quantitative estimate of drug-likeness (QED) is 0.0917. The lowest BCUT2D eigenvalue weighted by Gasteiger charge is -2.67. The van der Waals surface area contributed by atoms with Gasteiger partial charge in [0.05, 0.1) is 60.4 Å². The summed E-state index contributed by atoms with van der Waals surface area (Å²) in [7, 11) is 4.78. The van der Waals surface area contributed by atoms with Gasteiger partial charge in [-0.05, 0) is 104 Å². The molecule has 24 atom stereocenters. The third kappa shape index (κ3) is 10.3. The van der Waals surface area contributed by atoms with Crippen LogP contribution in [-0.2, 0) is 66.4 Å². The topological polar surface area (TPSA) is 246 Å². The van der Waals surface area contributed by atoms with E-state index in [0.29, 0.717) is 38.5 Å². The molecule has 1 aromatic carbocycles. The summed E-state index contributed by atoms with van der Waals surface area (Å²) >= 11 is 0. The van der Waals surface area contributed by atoms with Gasteiger partial charge in [-0.2, -0.15) is 0 Å². The zero-order valence-electron chi connectivity index (χ0n) is 45.8. The summed E-state index contributed by atoms with van der Waals surface area (Å²) in [6.07, 6.45) is -3.15. The molecule has 76 heavy (non-hydrogen) atoms. The highest BCUT2D eigenvalue weighted by Gasteiger charge is 2.81. The van der Waals surface area contributed by atoms with Crippen molar-refractivity contribution in [2.75, 3.05) is 21.3 Å². The lowest BCUT2D eigenvalue weighted by molar-refractivity contribution is -0.346. The van der Waals surface area contributed by atoms with Crippen LogP contribution in [0.3, 0.4) is 0 Å². The molecule has 0 unspecified atom stereocenters. The number of hydrogen-bond acceptors (Lipinski definition) is 19. The zero-order valence-corrected chi connectivity index (χ0v) is 45.8. The van der Waals surface area contributed by atoms with E-state index in [0.717, 1.165) is 11.1 Å². The Hall–Kier alpha value is -2.80. The number of benzene rings is 1. The number of carbonyl (C=O) groups is 2. The second-order valence-corrected chi connectivity index (χ2v) is 23.4. The smallest absolute Gasteiger partial charge is 0.331 e. The maximum absolute atomic E-state index is 13.6. The normalized spacial score (nSPS) is 48.6. The van der Waals surface area contributed by atoms with E-state index in [4.69, 9.17) is 56.8 Å². The molecule has 0 aromatic heterocycles. The summed E-state index contributed by atoms with van der Waals surface area (Å²) in [5.41, 5.74) is -6.35. The molecule has 0 bridgehead atoms. The van der Waals surface area contributed by atoms with Gasteiger partial charge < -0.3 is 82.4 Å². The van der Waals surface area contributed by atoms with Crippen LogP contribution in [0.25, 0.3) is 6.08 Å².